The van der Waals surface area contributed by atoms with Crippen molar-refractivity contribution < 1.29 is 28.0 Å². The van der Waals surface area contributed by atoms with E-state index < -0.39 is 29.7 Å². The van der Waals surface area contributed by atoms with Crippen molar-refractivity contribution in [2.45, 2.75) is 65.3 Å². The summed E-state index contributed by atoms with van der Waals surface area (Å²) in [5.74, 6) is -0.312. The Bertz CT molecular complexity index is 931. The van der Waals surface area contributed by atoms with Crippen LogP contribution in [0.2, 0.25) is 0 Å². The summed E-state index contributed by atoms with van der Waals surface area (Å²) < 4.78 is 32.3. The quantitative estimate of drug-likeness (QED) is 0.635. The Morgan fingerprint density at radius 2 is 1.52 bits per heavy atom. The molecular formula is C24H34BFN2O5. The molecule has 0 bridgehead atoms. The van der Waals surface area contributed by atoms with Gasteiger partial charge in [0.25, 0.3) is 5.91 Å². The first-order valence-electron chi connectivity index (χ1n) is 11.6. The number of hydrogen-bond donors (Lipinski definition) is 0. The number of rotatable bonds is 2. The van der Waals surface area contributed by atoms with Crippen LogP contribution in [0.15, 0.2) is 18.2 Å². The number of amides is 2. The van der Waals surface area contributed by atoms with Crippen molar-refractivity contribution in [1.82, 2.24) is 9.80 Å². The third kappa shape index (κ3) is 4.62. The van der Waals surface area contributed by atoms with Gasteiger partial charge >= 0.3 is 13.2 Å². The fourth-order valence-corrected chi connectivity index (χ4v) is 4.64. The smallest absolute Gasteiger partial charge is 0.444 e. The molecule has 0 saturated carbocycles. The Labute approximate surface area is 195 Å². The van der Waals surface area contributed by atoms with Crippen molar-refractivity contribution >= 4 is 24.6 Å². The number of halogens is 1. The molecule has 2 atom stereocenters. The van der Waals surface area contributed by atoms with E-state index in [4.69, 9.17) is 14.0 Å². The second-order valence-electron chi connectivity index (χ2n) is 11.4. The number of carbonyl (C=O) groups excluding carboxylic acids is 2. The lowest BCUT2D eigenvalue weighted by molar-refractivity contribution is 0.00578. The molecular weight excluding hydrogens is 426 g/mol. The summed E-state index contributed by atoms with van der Waals surface area (Å²) in [6, 6.07) is 4.47. The minimum atomic E-state index is -0.816. The summed E-state index contributed by atoms with van der Waals surface area (Å²) in [6.45, 7) is 15.4. The molecule has 3 fully saturated rings. The van der Waals surface area contributed by atoms with Gasteiger partial charge < -0.3 is 23.8 Å². The molecule has 3 heterocycles. The molecule has 1 aromatic carbocycles. The molecule has 4 rings (SSSR count). The molecule has 9 heteroatoms. The first-order valence-corrected chi connectivity index (χ1v) is 11.6. The lowest BCUT2D eigenvalue weighted by Crippen LogP contribution is -2.41. The number of carbonyl (C=O) groups is 2. The maximum absolute atomic E-state index is 15.0. The molecule has 2 amide bonds. The van der Waals surface area contributed by atoms with Gasteiger partial charge in [0.15, 0.2) is 0 Å². The summed E-state index contributed by atoms with van der Waals surface area (Å²) in [4.78, 5) is 28.9. The van der Waals surface area contributed by atoms with Crippen molar-refractivity contribution in [3.63, 3.8) is 0 Å². The number of benzene rings is 1. The molecule has 0 aliphatic carbocycles. The highest BCUT2D eigenvalue weighted by molar-refractivity contribution is 6.62. The molecule has 3 saturated heterocycles. The minimum Gasteiger partial charge on any atom is -0.444 e. The predicted molar refractivity (Wildman–Crippen MR) is 123 cm³/mol. The van der Waals surface area contributed by atoms with E-state index in [1.54, 1.807) is 21.9 Å². The molecule has 2 unspecified atom stereocenters. The summed E-state index contributed by atoms with van der Waals surface area (Å²) in [5, 5.41) is 0. The average molecular weight is 460 g/mol. The maximum Gasteiger partial charge on any atom is 0.497 e. The van der Waals surface area contributed by atoms with Gasteiger partial charge in [-0.3, -0.25) is 4.79 Å². The Balaban J connectivity index is 1.39. The molecule has 0 aromatic heterocycles. The highest BCUT2D eigenvalue weighted by Crippen LogP contribution is 2.37. The second kappa shape index (κ2) is 7.98. The van der Waals surface area contributed by atoms with E-state index in [1.807, 2.05) is 48.5 Å². The molecule has 33 heavy (non-hydrogen) atoms. The lowest BCUT2D eigenvalue weighted by Gasteiger charge is -2.32. The second-order valence-corrected chi connectivity index (χ2v) is 11.4. The largest absolute Gasteiger partial charge is 0.497 e. The van der Waals surface area contributed by atoms with Crippen molar-refractivity contribution in [3.05, 3.63) is 29.6 Å². The van der Waals surface area contributed by atoms with Gasteiger partial charge in [0, 0.05) is 49.0 Å². The molecule has 0 spiro atoms. The van der Waals surface area contributed by atoms with Crippen LogP contribution in [-0.2, 0) is 14.0 Å². The van der Waals surface area contributed by atoms with Crippen LogP contribution >= 0.6 is 0 Å². The van der Waals surface area contributed by atoms with Gasteiger partial charge in [-0.05, 0) is 60.6 Å². The fraction of sp³-hybridized carbons (Fsp3) is 0.667. The number of likely N-dealkylation sites (tertiary alicyclic amines) is 2. The molecule has 180 valence electrons. The molecule has 3 aliphatic heterocycles. The molecule has 7 nitrogen and oxygen atoms in total. The topological polar surface area (TPSA) is 68.3 Å². The Morgan fingerprint density at radius 1 is 1.00 bits per heavy atom. The van der Waals surface area contributed by atoms with E-state index in [0.717, 1.165) is 0 Å². The summed E-state index contributed by atoms with van der Waals surface area (Å²) in [7, 11) is -0.816. The fourth-order valence-electron chi connectivity index (χ4n) is 4.64. The highest BCUT2D eigenvalue weighted by atomic mass is 19.1. The number of fused-ring (bicyclic) bond motifs is 1. The van der Waals surface area contributed by atoms with Crippen LogP contribution in [0.5, 0.6) is 0 Å². The first-order chi connectivity index (χ1) is 15.2. The van der Waals surface area contributed by atoms with Gasteiger partial charge in [0.1, 0.15) is 11.4 Å². The van der Waals surface area contributed by atoms with Gasteiger partial charge in [-0.2, -0.15) is 0 Å². The van der Waals surface area contributed by atoms with E-state index >= 15 is 0 Å². The number of ether oxygens (including phenoxy) is 1. The van der Waals surface area contributed by atoms with Crippen LogP contribution in [0, 0.1) is 17.7 Å². The standard InChI is InChI=1S/C24H34BFN2O5/c1-22(2,3)31-21(30)28-13-16-11-27(12-17(16)14-28)20(29)15-8-9-18(19(26)10-15)25-32-23(4,5)24(6,7)33-25/h8-10,16-17H,11-14H2,1-7H3. The Kier molecular flexibility index (Phi) is 5.81. The zero-order chi connectivity index (χ0) is 24.3. The maximum atomic E-state index is 15.0. The monoisotopic (exact) mass is 460 g/mol. The lowest BCUT2D eigenvalue weighted by atomic mass is 9.78. The van der Waals surface area contributed by atoms with Crippen LogP contribution < -0.4 is 5.46 Å². The van der Waals surface area contributed by atoms with Crippen LogP contribution in [-0.4, -0.2) is 71.9 Å². The summed E-state index contributed by atoms with van der Waals surface area (Å²) in [6.07, 6.45) is -0.310. The normalized spacial score (nSPS) is 26.0. The van der Waals surface area contributed by atoms with Crippen LogP contribution in [0.4, 0.5) is 9.18 Å². The number of nitrogens with zero attached hydrogens (tertiary/aromatic N) is 2. The zero-order valence-corrected chi connectivity index (χ0v) is 20.6. The van der Waals surface area contributed by atoms with Crippen LogP contribution in [0.3, 0.4) is 0 Å². The van der Waals surface area contributed by atoms with Gasteiger partial charge in [-0.15, -0.1) is 0 Å². The van der Waals surface area contributed by atoms with Gasteiger partial charge in [0.2, 0.25) is 0 Å². The van der Waals surface area contributed by atoms with Crippen LogP contribution in [0.1, 0.15) is 58.8 Å². The van der Waals surface area contributed by atoms with E-state index in [0.29, 0.717) is 31.7 Å². The SMILES string of the molecule is CC(C)(C)OC(=O)N1CC2CN(C(=O)c3ccc(B4OC(C)(C)C(C)(C)O4)c(F)c3)CC2C1. The predicted octanol–water partition coefficient (Wildman–Crippen LogP) is 3.06. The van der Waals surface area contributed by atoms with E-state index in [1.165, 1.54) is 6.07 Å². The van der Waals surface area contributed by atoms with E-state index in [9.17, 15) is 14.0 Å². The van der Waals surface area contributed by atoms with Crippen molar-refractivity contribution in [2.75, 3.05) is 26.2 Å². The molecule has 0 N–H and O–H groups in total. The van der Waals surface area contributed by atoms with Gasteiger partial charge in [-0.1, -0.05) is 6.07 Å². The molecule has 0 radical (unpaired) electrons. The zero-order valence-electron chi connectivity index (χ0n) is 20.6. The van der Waals surface area contributed by atoms with Crippen LogP contribution in [0.25, 0.3) is 0 Å². The Hall–Kier alpha value is -2.13. The summed E-state index contributed by atoms with van der Waals surface area (Å²) in [5.41, 5.74) is -1.08. The highest BCUT2D eigenvalue weighted by Gasteiger charge is 2.52. The van der Waals surface area contributed by atoms with Crippen molar-refractivity contribution in [1.29, 1.82) is 0 Å². The van der Waals surface area contributed by atoms with Gasteiger partial charge in [-0.25, -0.2) is 9.18 Å². The third-order valence-electron chi connectivity index (χ3n) is 7.18. The molecule has 3 aliphatic rings. The van der Waals surface area contributed by atoms with Gasteiger partial charge in [0.05, 0.1) is 11.2 Å². The molecule has 1 aromatic rings. The van der Waals surface area contributed by atoms with Crippen molar-refractivity contribution in [2.24, 2.45) is 11.8 Å². The third-order valence-corrected chi connectivity index (χ3v) is 7.18. The average Bonchev–Trinajstić information content (AvgIpc) is 3.29. The number of hydrogen-bond acceptors (Lipinski definition) is 5. The summed E-state index contributed by atoms with van der Waals surface area (Å²) >= 11 is 0. The van der Waals surface area contributed by atoms with Crippen molar-refractivity contribution in [3.8, 4) is 0 Å². The first kappa shape index (κ1) is 24.0. The Morgan fingerprint density at radius 3 is 2.00 bits per heavy atom. The van der Waals surface area contributed by atoms with E-state index in [-0.39, 0.29) is 29.3 Å². The minimum absolute atomic E-state index is 0.201. The van der Waals surface area contributed by atoms with E-state index in [2.05, 4.69) is 0 Å².